The summed E-state index contributed by atoms with van der Waals surface area (Å²) in [5.41, 5.74) is 7.04. The Bertz CT molecular complexity index is 1030. The van der Waals surface area contributed by atoms with E-state index in [1.807, 2.05) is 48.5 Å². The molecule has 0 fully saturated rings. The summed E-state index contributed by atoms with van der Waals surface area (Å²) in [5.74, 6) is 1.96. The first-order valence-electron chi connectivity index (χ1n) is 11.5. The second-order valence-corrected chi connectivity index (χ2v) is 9.90. The van der Waals surface area contributed by atoms with E-state index in [1.54, 1.807) is 7.11 Å². The van der Waals surface area contributed by atoms with Crippen LogP contribution >= 0.6 is 8.38 Å². The number of hydrogen-bond acceptors (Lipinski definition) is 5. The molecule has 5 nitrogen and oxygen atoms in total. The molecule has 0 radical (unpaired) electrons. The first kappa shape index (κ1) is 26.2. The quantitative estimate of drug-likeness (QED) is 0.226. The van der Waals surface area contributed by atoms with Crippen LogP contribution in [0.1, 0.15) is 53.1 Å². The van der Waals surface area contributed by atoms with E-state index in [1.165, 1.54) is 16.7 Å². The Morgan fingerprint density at radius 3 is 2.24 bits per heavy atom. The largest absolute Gasteiger partial charge is 0.484 e. The lowest BCUT2D eigenvalue weighted by Gasteiger charge is -2.18. The number of rotatable bonds is 12. The standard InChI is InChI=1S/C28H35O5P/c1-20(2)26-15-24(11-12-28(26)31-18-30-5)16-27-21(3)13-25(14-22(27)4)32-19-34(29)33-17-23-9-7-6-8-10-23/h6-15,20,29H,16-19H2,1-5H3. The first-order valence-corrected chi connectivity index (χ1v) is 12.9. The second kappa shape index (κ2) is 12.9. The van der Waals surface area contributed by atoms with Crippen LogP contribution in [0.3, 0.4) is 0 Å². The first-order chi connectivity index (χ1) is 16.4. The molecule has 0 saturated carbocycles. The zero-order chi connectivity index (χ0) is 24.5. The molecule has 0 aliphatic heterocycles. The molecule has 0 spiro atoms. The van der Waals surface area contributed by atoms with E-state index in [2.05, 4.69) is 39.8 Å². The van der Waals surface area contributed by atoms with Gasteiger partial charge in [-0.2, -0.15) is 0 Å². The lowest BCUT2D eigenvalue weighted by Crippen LogP contribution is -2.04. The fourth-order valence-corrected chi connectivity index (χ4v) is 4.46. The van der Waals surface area contributed by atoms with Gasteiger partial charge in [0.1, 0.15) is 11.5 Å². The Morgan fingerprint density at radius 1 is 0.882 bits per heavy atom. The van der Waals surface area contributed by atoms with Gasteiger partial charge >= 0.3 is 0 Å². The zero-order valence-corrected chi connectivity index (χ0v) is 21.6. The lowest BCUT2D eigenvalue weighted by atomic mass is 9.93. The van der Waals surface area contributed by atoms with Gasteiger partial charge in [-0.15, -0.1) is 0 Å². The van der Waals surface area contributed by atoms with Gasteiger partial charge in [-0.25, -0.2) is 0 Å². The fraction of sp³-hybridized carbons (Fsp3) is 0.357. The van der Waals surface area contributed by atoms with Gasteiger partial charge in [0.15, 0.2) is 13.1 Å². The Kier molecular flexibility index (Phi) is 9.91. The molecule has 0 aliphatic carbocycles. The second-order valence-electron chi connectivity index (χ2n) is 8.67. The molecule has 0 saturated heterocycles. The van der Waals surface area contributed by atoms with Gasteiger partial charge in [0.2, 0.25) is 8.38 Å². The van der Waals surface area contributed by atoms with Gasteiger partial charge in [-0.05, 0) is 77.8 Å². The predicted molar refractivity (Wildman–Crippen MR) is 138 cm³/mol. The van der Waals surface area contributed by atoms with Gasteiger partial charge < -0.3 is 23.6 Å². The van der Waals surface area contributed by atoms with Crippen LogP contribution in [0, 0.1) is 13.8 Å². The van der Waals surface area contributed by atoms with Gasteiger partial charge in [0, 0.05) is 7.11 Å². The summed E-state index contributed by atoms with van der Waals surface area (Å²) in [6, 6.07) is 20.2. The Morgan fingerprint density at radius 2 is 1.59 bits per heavy atom. The van der Waals surface area contributed by atoms with Crippen LogP contribution in [0.4, 0.5) is 0 Å². The highest BCUT2D eigenvalue weighted by molar-refractivity contribution is 7.45. The number of methoxy groups -OCH3 is 1. The smallest absolute Gasteiger partial charge is 0.208 e. The van der Waals surface area contributed by atoms with E-state index in [9.17, 15) is 4.89 Å². The molecule has 3 rings (SSSR count). The topological polar surface area (TPSA) is 57.2 Å². The third-order valence-corrected chi connectivity index (χ3v) is 6.42. The van der Waals surface area contributed by atoms with Crippen LogP contribution in [-0.2, 0) is 22.3 Å². The zero-order valence-electron chi connectivity index (χ0n) is 20.7. The van der Waals surface area contributed by atoms with E-state index in [-0.39, 0.29) is 13.1 Å². The molecule has 0 bridgehead atoms. The number of ether oxygens (including phenoxy) is 3. The van der Waals surface area contributed by atoms with Crippen LogP contribution in [0.2, 0.25) is 0 Å². The Balaban J connectivity index is 1.63. The summed E-state index contributed by atoms with van der Waals surface area (Å²) in [4.78, 5) is 10.2. The average molecular weight is 483 g/mol. The van der Waals surface area contributed by atoms with Crippen molar-refractivity contribution in [3.05, 3.63) is 94.0 Å². The monoisotopic (exact) mass is 482 g/mol. The van der Waals surface area contributed by atoms with E-state index in [0.717, 1.165) is 34.6 Å². The van der Waals surface area contributed by atoms with Crippen molar-refractivity contribution in [2.45, 2.75) is 46.6 Å². The van der Waals surface area contributed by atoms with Crippen LogP contribution in [0.25, 0.3) is 0 Å². The van der Waals surface area contributed by atoms with Crippen molar-refractivity contribution in [1.29, 1.82) is 0 Å². The van der Waals surface area contributed by atoms with Crippen LogP contribution < -0.4 is 9.47 Å². The van der Waals surface area contributed by atoms with E-state index in [4.69, 9.17) is 18.7 Å². The molecule has 1 unspecified atom stereocenters. The summed E-state index contributed by atoms with van der Waals surface area (Å²) in [7, 11) is -0.0286. The fourth-order valence-electron chi connectivity index (χ4n) is 3.82. The van der Waals surface area contributed by atoms with Gasteiger partial charge in [-0.3, -0.25) is 0 Å². The molecule has 34 heavy (non-hydrogen) atoms. The van der Waals surface area contributed by atoms with Crippen molar-refractivity contribution in [2.75, 3.05) is 20.3 Å². The normalized spacial score (nSPS) is 12.1. The van der Waals surface area contributed by atoms with E-state index >= 15 is 0 Å². The molecule has 182 valence electrons. The molecule has 3 aromatic rings. The van der Waals surface area contributed by atoms with Crippen LogP contribution in [0.15, 0.2) is 60.7 Å². The van der Waals surface area contributed by atoms with Gasteiger partial charge in [0.05, 0.1) is 6.61 Å². The van der Waals surface area contributed by atoms with Crippen molar-refractivity contribution >= 4 is 8.38 Å². The minimum atomic E-state index is -1.66. The van der Waals surface area contributed by atoms with Crippen molar-refractivity contribution in [1.82, 2.24) is 0 Å². The Labute approximate surface area is 204 Å². The highest BCUT2D eigenvalue weighted by atomic mass is 31.2. The maximum atomic E-state index is 10.2. The van der Waals surface area contributed by atoms with Gasteiger partial charge in [-0.1, -0.05) is 56.3 Å². The summed E-state index contributed by atoms with van der Waals surface area (Å²) >= 11 is 0. The van der Waals surface area contributed by atoms with E-state index in [0.29, 0.717) is 12.5 Å². The maximum Gasteiger partial charge on any atom is 0.208 e. The third kappa shape index (κ3) is 7.54. The summed E-state index contributed by atoms with van der Waals surface area (Å²) < 4.78 is 22.2. The van der Waals surface area contributed by atoms with Crippen LogP contribution in [-0.4, -0.2) is 25.1 Å². The third-order valence-electron chi connectivity index (χ3n) is 5.64. The molecule has 1 N–H and O–H groups in total. The minimum Gasteiger partial charge on any atom is -0.484 e. The Hall–Kier alpha value is -2.43. The highest BCUT2D eigenvalue weighted by Crippen LogP contribution is 2.34. The predicted octanol–water partition coefficient (Wildman–Crippen LogP) is 6.86. The molecule has 0 heterocycles. The number of benzene rings is 3. The molecule has 6 heteroatoms. The number of hydrogen-bond donors (Lipinski definition) is 1. The summed E-state index contributed by atoms with van der Waals surface area (Å²) in [5, 5.41) is 0. The average Bonchev–Trinajstić information content (AvgIpc) is 2.83. The van der Waals surface area contributed by atoms with Crippen molar-refractivity contribution in [3.8, 4) is 11.5 Å². The highest BCUT2D eigenvalue weighted by Gasteiger charge is 2.13. The lowest BCUT2D eigenvalue weighted by molar-refractivity contribution is 0.0502. The molecule has 3 aromatic carbocycles. The van der Waals surface area contributed by atoms with Crippen molar-refractivity contribution in [2.24, 2.45) is 0 Å². The minimum absolute atomic E-state index is 0.140. The molecule has 0 aromatic heterocycles. The molecule has 0 aliphatic rings. The number of aryl methyl sites for hydroxylation is 2. The van der Waals surface area contributed by atoms with Crippen LogP contribution in [0.5, 0.6) is 11.5 Å². The molecular weight excluding hydrogens is 447 g/mol. The molecule has 0 amide bonds. The molecular formula is C28H35O5P. The summed E-state index contributed by atoms with van der Waals surface area (Å²) in [6.07, 6.45) is 0.968. The van der Waals surface area contributed by atoms with Crippen molar-refractivity contribution < 1.29 is 23.6 Å². The van der Waals surface area contributed by atoms with Crippen molar-refractivity contribution in [3.63, 3.8) is 0 Å². The van der Waals surface area contributed by atoms with Gasteiger partial charge in [0.25, 0.3) is 0 Å². The van der Waals surface area contributed by atoms with E-state index < -0.39 is 8.38 Å². The molecule has 1 atom stereocenters. The summed E-state index contributed by atoms with van der Waals surface area (Å²) in [6.45, 7) is 9.15. The SMILES string of the molecule is COCOc1ccc(Cc2c(C)cc(OCP(O)OCc3ccccc3)cc2C)cc1C(C)C. The maximum absolute atomic E-state index is 10.2.